The number of likely N-dealkylation sites (tertiary alicyclic amines) is 1. The predicted octanol–water partition coefficient (Wildman–Crippen LogP) is 1.81. The lowest BCUT2D eigenvalue weighted by atomic mass is 9.89. The quantitative estimate of drug-likeness (QED) is 0.749. The van der Waals surface area contributed by atoms with Crippen LogP contribution in [0.25, 0.3) is 0 Å². The molecule has 0 unspecified atom stereocenters. The molecule has 0 aromatic rings. The van der Waals surface area contributed by atoms with Gasteiger partial charge in [0.2, 0.25) is 11.8 Å². The summed E-state index contributed by atoms with van der Waals surface area (Å²) in [6.07, 6.45) is 7.74. The maximum absolute atomic E-state index is 12.7. The second-order valence-electron chi connectivity index (χ2n) is 9.61. The molecule has 6 nitrogen and oxygen atoms in total. The number of carbonyl (C=O) groups excluding carboxylic acids is 2. The molecule has 2 saturated heterocycles. The zero-order chi connectivity index (χ0) is 19.9. The lowest BCUT2D eigenvalue weighted by Crippen LogP contribution is -2.53. The first-order chi connectivity index (χ1) is 13.5. The van der Waals surface area contributed by atoms with Crippen LogP contribution in [0.4, 0.5) is 0 Å². The maximum atomic E-state index is 12.7. The fourth-order valence-electron chi connectivity index (χ4n) is 5.17. The summed E-state index contributed by atoms with van der Waals surface area (Å²) >= 11 is 0. The monoisotopic (exact) mass is 392 g/mol. The van der Waals surface area contributed by atoms with Crippen LogP contribution < -0.4 is 5.32 Å². The minimum Gasteiger partial charge on any atom is -0.355 e. The molecule has 1 N–H and O–H groups in total. The van der Waals surface area contributed by atoms with Crippen molar-refractivity contribution in [3.05, 3.63) is 0 Å². The van der Waals surface area contributed by atoms with Crippen molar-refractivity contribution in [2.24, 2.45) is 17.8 Å². The summed E-state index contributed by atoms with van der Waals surface area (Å²) in [5.74, 6) is 2.33. The number of carbonyl (C=O) groups is 2. The topological polar surface area (TPSA) is 55.9 Å². The molecular weight excluding hydrogens is 352 g/mol. The van der Waals surface area contributed by atoms with E-state index in [0.29, 0.717) is 30.8 Å². The molecular formula is C22H40N4O2. The van der Waals surface area contributed by atoms with Crippen molar-refractivity contribution in [1.82, 2.24) is 20.0 Å². The first-order valence-corrected chi connectivity index (χ1v) is 11.5. The first kappa shape index (κ1) is 21.6. The third-order valence-electron chi connectivity index (χ3n) is 6.73. The van der Waals surface area contributed by atoms with Gasteiger partial charge in [0, 0.05) is 45.8 Å². The molecule has 6 heteroatoms. The van der Waals surface area contributed by atoms with Crippen LogP contribution >= 0.6 is 0 Å². The molecule has 2 heterocycles. The van der Waals surface area contributed by atoms with Crippen LogP contribution in [0.2, 0.25) is 0 Å². The molecule has 0 aromatic heterocycles. The number of piperazine rings is 1. The number of hydrogen-bond donors (Lipinski definition) is 1. The van der Waals surface area contributed by atoms with Crippen LogP contribution in [0.1, 0.15) is 52.4 Å². The smallest absolute Gasteiger partial charge is 0.236 e. The molecule has 0 radical (unpaired) electrons. The van der Waals surface area contributed by atoms with Gasteiger partial charge in [0.1, 0.15) is 0 Å². The van der Waals surface area contributed by atoms with E-state index in [1.165, 1.54) is 38.5 Å². The highest BCUT2D eigenvalue weighted by molar-refractivity contribution is 5.78. The van der Waals surface area contributed by atoms with E-state index in [-0.39, 0.29) is 11.8 Å². The van der Waals surface area contributed by atoms with Gasteiger partial charge < -0.3 is 10.2 Å². The van der Waals surface area contributed by atoms with Crippen LogP contribution in [0.15, 0.2) is 0 Å². The van der Waals surface area contributed by atoms with E-state index in [0.717, 1.165) is 45.8 Å². The van der Waals surface area contributed by atoms with Crippen molar-refractivity contribution < 1.29 is 9.59 Å². The average Bonchev–Trinajstić information content (AvgIpc) is 2.68. The van der Waals surface area contributed by atoms with Gasteiger partial charge in [-0.05, 0) is 37.0 Å². The Kier molecular flexibility index (Phi) is 8.15. The van der Waals surface area contributed by atoms with E-state index < -0.39 is 0 Å². The van der Waals surface area contributed by atoms with Crippen LogP contribution in [0.5, 0.6) is 0 Å². The Balaban J connectivity index is 1.31. The number of nitrogens with zero attached hydrogens (tertiary/aromatic N) is 3. The standard InChI is InChI=1S/C22H40N4O2/c1-18-12-19(2)15-26(14-18)22(28)17-25-10-8-24(9-11-25)16-21(27)23-13-20-6-4-3-5-7-20/h18-20H,3-17H2,1-2H3,(H,23,27)/t18-,19+. The zero-order valence-corrected chi connectivity index (χ0v) is 18.0. The number of hydrogen-bond acceptors (Lipinski definition) is 4. The van der Waals surface area contributed by atoms with Gasteiger partial charge in [-0.1, -0.05) is 33.1 Å². The van der Waals surface area contributed by atoms with Crippen LogP contribution in [-0.2, 0) is 9.59 Å². The van der Waals surface area contributed by atoms with Crippen molar-refractivity contribution in [2.45, 2.75) is 52.4 Å². The van der Waals surface area contributed by atoms with E-state index in [4.69, 9.17) is 0 Å². The summed E-state index contributed by atoms with van der Waals surface area (Å²) in [4.78, 5) is 31.4. The molecule has 0 aromatic carbocycles. The average molecular weight is 393 g/mol. The molecule has 3 rings (SSSR count). The van der Waals surface area contributed by atoms with Gasteiger partial charge >= 0.3 is 0 Å². The van der Waals surface area contributed by atoms with Gasteiger partial charge in [0.15, 0.2) is 0 Å². The van der Waals surface area contributed by atoms with Gasteiger partial charge in [-0.2, -0.15) is 0 Å². The van der Waals surface area contributed by atoms with Crippen molar-refractivity contribution in [1.29, 1.82) is 0 Å². The van der Waals surface area contributed by atoms with Crippen molar-refractivity contribution in [3.63, 3.8) is 0 Å². The molecule has 0 bridgehead atoms. The van der Waals surface area contributed by atoms with Gasteiger partial charge in [0.25, 0.3) is 0 Å². The van der Waals surface area contributed by atoms with E-state index >= 15 is 0 Å². The molecule has 2 atom stereocenters. The van der Waals surface area contributed by atoms with Crippen molar-refractivity contribution >= 4 is 11.8 Å². The zero-order valence-electron chi connectivity index (χ0n) is 18.0. The summed E-state index contributed by atoms with van der Waals surface area (Å²) in [7, 11) is 0. The summed E-state index contributed by atoms with van der Waals surface area (Å²) in [5, 5.41) is 3.14. The van der Waals surface area contributed by atoms with E-state index in [1.54, 1.807) is 0 Å². The number of rotatable bonds is 6. The van der Waals surface area contributed by atoms with Gasteiger partial charge in [-0.15, -0.1) is 0 Å². The van der Waals surface area contributed by atoms with Crippen LogP contribution in [-0.4, -0.2) is 85.4 Å². The lowest BCUT2D eigenvalue weighted by Gasteiger charge is -2.38. The molecule has 3 aliphatic rings. The molecule has 160 valence electrons. The molecule has 1 aliphatic carbocycles. The SMILES string of the molecule is C[C@@H]1C[C@H](C)CN(C(=O)CN2CCN(CC(=O)NCC3CCCCC3)CC2)C1. The Morgan fingerprint density at radius 3 is 2.04 bits per heavy atom. The Morgan fingerprint density at radius 1 is 0.857 bits per heavy atom. The molecule has 0 spiro atoms. The molecule has 28 heavy (non-hydrogen) atoms. The Morgan fingerprint density at radius 2 is 1.43 bits per heavy atom. The van der Waals surface area contributed by atoms with E-state index in [9.17, 15) is 9.59 Å². The fraction of sp³-hybridized carbons (Fsp3) is 0.909. The molecule has 2 aliphatic heterocycles. The number of nitrogens with one attached hydrogen (secondary N) is 1. The van der Waals surface area contributed by atoms with E-state index in [2.05, 4.69) is 33.9 Å². The highest BCUT2D eigenvalue weighted by Gasteiger charge is 2.27. The summed E-state index contributed by atoms with van der Waals surface area (Å²) in [6, 6.07) is 0. The predicted molar refractivity (Wildman–Crippen MR) is 112 cm³/mol. The van der Waals surface area contributed by atoms with Crippen LogP contribution in [0.3, 0.4) is 0 Å². The van der Waals surface area contributed by atoms with Gasteiger partial charge in [-0.3, -0.25) is 19.4 Å². The Bertz CT molecular complexity index is 503. The molecule has 1 saturated carbocycles. The largest absolute Gasteiger partial charge is 0.355 e. The third kappa shape index (κ3) is 6.73. The van der Waals surface area contributed by atoms with Crippen molar-refractivity contribution in [2.75, 3.05) is 58.9 Å². The number of piperidine rings is 1. The maximum Gasteiger partial charge on any atom is 0.236 e. The second-order valence-corrected chi connectivity index (χ2v) is 9.61. The molecule has 2 amide bonds. The van der Waals surface area contributed by atoms with Gasteiger partial charge in [0.05, 0.1) is 13.1 Å². The fourth-order valence-corrected chi connectivity index (χ4v) is 5.17. The summed E-state index contributed by atoms with van der Waals surface area (Å²) < 4.78 is 0. The summed E-state index contributed by atoms with van der Waals surface area (Å²) in [6.45, 7) is 11.7. The minimum atomic E-state index is 0.159. The highest BCUT2D eigenvalue weighted by Crippen LogP contribution is 2.23. The first-order valence-electron chi connectivity index (χ1n) is 11.5. The Hall–Kier alpha value is -1.14. The highest BCUT2D eigenvalue weighted by atomic mass is 16.2. The summed E-state index contributed by atoms with van der Waals surface area (Å²) in [5.41, 5.74) is 0. The van der Waals surface area contributed by atoms with Crippen molar-refractivity contribution in [3.8, 4) is 0 Å². The third-order valence-corrected chi connectivity index (χ3v) is 6.73. The minimum absolute atomic E-state index is 0.159. The van der Waals surface area contributed by atoms with Crippen LogP contribution in [0, 0.1) is 17.8 Å². The lowest BCUT2D eigenvalue weighted by molar-refractivity contribution is -0.135. The number of amides is 2. The second kappa shape index (κ2) is 10.6. The van der Waals surface area contributed by atoms with Gasteiger partial charge in [-0.25, -0.2) is 0 Å². The Labute approximate surface area is 171 Å². The normalized spacial score (nSPS) is 28.3. The molecule has 3 fully saturated rings. The van der Waals surface area contributed by atoms with E-state index in [1.807, 2.05) is 0 Å².